The van der Waals surface area contributed by atoms with E-state index in [9.17, 15) is 21.6 Å². The van der Waals surface area contributed by atoms with Gasteiger partial charge in [0.15, 0.2) is 0 Å². The summed E-state index contributed by atoms with van der Waals surface area (Å²) in [6.45, 7) is 4.10. The fourth-order valence-electron chi connectivity index (χ4n) is 3.44. The van der Waals surface area contributed by atoms with E-state index in [4.69, 9.17) is 0 Å². The van der Waals surface area contributed by atoms with Gasteiger partial charge in [-0.05, 0) is 49.5 Å². The van der Waals surface area contributed by atoms with E-state index in [-0.39, 0.29) is 4.90 Å². The molecule has 0 bridgehead atoms. The van der Waals surface area contributed by atoms with Crippen molar-refractivity contribution in [2.24, 2.45) is 7.05 Å². The van der Waals surface area contributed by atoms with Crippen LogP contribution in [-0.4, -0.2) is 25.2 Å². The predicted octanol–water partition coefficient (Wildman–Crippen LogP) is 4.14. The van der Waals surface area contributed by atoms with Crippen LogP contribution in [0.5, 0.6) is 0 Å². The van der Waals surface area contributed by atoms with Gasteiger partial charge < -0.3 is 4.90 Å². The summed E-state index contributed by atoms with van der Waals surface area (Å²) in [5.41, 5.74) is 2.54. The van der Waals surface area contributed by atoms with E-state index >= 15 is 0 Å². The van der Waals surface area contributed by atoms with Crippen LogP contribution in [0.3, 0.4) is 0 Å². The Morgan fingerprint density at radius 2 is 1.73 bits per heavy atom. The summed E-state index contributed by atoms with van der Waals surface area (Å²) in [6, 6.07) is 9.25. The molecule has 2 aromatic carbocycles. The predicted molar refractivity (Wildman–Crippen MR) is 108 cm³/mol. The maximum atomic E-state index is 13.0. The first-order valence-electron chi connectivity index (χ1n) is 8.81. The first-order valence-corrected chi connectivity index (χ1v) is 10.3. The Hall–Kier alpha value is -3.11. The van der Waals surface area contributed by atoms with Gasteiger partial charge in [-0.1, -0.05) is 6.58 Å². The van der Waals surface area contributed by atoms with E-state index in [0.29, 0.717) is 33.9 Å². The van der Waals surface area contributed by atoms with Crippen LogP contribution in [0.1, 0.15) is 11.1 Å². The first-order chi connectivity index (χ1) is 14.0. The minimum Gasteiger partial charge on any atom is -0.310 e. The van der Waals surface area contributed by atoms with Crippen LogP contribution in [0, 0.1) is 0 Å². The molecule has 1 N–H and O–H groups in total. The zero-order valence-electron chi connectivity index (χ0n) is 16.0. The van der Waals surface area contributed by atoms with Gasteiger partial charge in [0.25, 0.3) is 0 Å². The molecule has 1 aliphatic rings. The fourth-order valence-corrected chi connectivity index (χ4v) is 4.20. The smallest absolute Gasteiger partial charge is 0.310 e. The molecule has 10 heteroatoms. The average molecular weight is 434 g/mol. The number of aryl methyl sites for hydroxylation is 1. The maximum Gasteiger partial charge on any atom is 0.416 e. The third-order valence-corrected chi connectivity index (χ3v) is 6.32. The molecule has 4 rings (SSSR count). The Kier molecular flexibility index (Phi) is 4.51. The molecule has 30 heavy (non-hydrogen) atoms. The first kappa shape index (κ1) is 20.2. The molecule has 1 aromatic heterocycles. The van der Waals surface area contributed by atoms with E-state index in [1.165, 1.54) is 31.3 Å². The van der Waals surface area contributed by atoms with Crippen molar-refractivity contribution < 1.29 is 21.6 Å². The van der Waals surface area contributed by atoms with Crippen molar-refractivity contribution >= 4 is 27.1 Å². The molecule has 0 aliphatic carbocycles. The number of hydrogen-bond donors (Lipinski definition) is 1. The highest BCUT2D eigenvalue weighted by Crippen LogP contribution is 2.47. The lowest BCUT2D eigenvalue weighted by atomic mass is 9.97. The second-order valence-electron chi connectivity index (χ2n) is 6.78. The number of alkyl halides is 3. The molecule has 0 unspecified atom stereocenters. The molecule has 2 heterocycles. The standard InChI is InChI=1S/C20H17F3N4O2S/c1-12-17-11-26(3)25-19(17)16-10-15(30(28,29)24-2)8-9-18(16)27(12)14-6-4-13(5-7-14)20(21,22)23/h4-11,24H,1H2,2-3H3. The summed E-state index contributed by atoms with van der Waals surface area (Å²) in [5.74, 6) is 0. The van der Waals surface area contributed by atoms with Crippen LogP contribution in [-0.2, 0) is 23.2 Å². The minimum atomic E-state index is -4.44. The van der Waals surface area contributed by atoms with Crippen LogP contribution in [0.4, 0.5) is 24.5 Å². The molecule has 3 aromatic rings. The van der Waals surface area contributed by atoms with Crippen molar-refractivity contribution in [1.82, 2.24) is 14.5 Å². The van der Waals surface area contributed by atoms with Gasteiger partial charge in [-0.2, -0.15) is 18.3 Å². The van der Waals surface area contributed by atoms with Crippen molar-refractivity contribution in [3.05, 3.63) is 66.4 Å². The number of rotatable bonds is 3. The number of benzene rings is 2. The summed E-state index contributed by atoms with van der Waals surface area (Å²) < 4.78 is 67.3. The van der Waals surface area contributed by atoms with Crippen molar-refractivity contribution in [2.45, 2.75) is 11.1 Å². The molecular formula is C20H17F3N4O2S. The quantitative estimate of drug-likeness (QED) is 0.673. The molecular weight excluding hydrogens is 417 g/mol. The maximum absolute atomic E-state index is 13.0. The normalized spacial score (nSPS) is 13.9. The van der Waals surface area contributed by atoms with Gasteiger partial charge >= 0.3 is 6.18 Å². The van der Waals surface area contributed by atoms with Gasteiger partial charge in [-0.25, -0.2) is 13.1 Å². The molecule has 0 spiro atoms. The van der Waals surface area contributed by atoms with E-state index in [2.05, 4.69) is 16.4 Å². The number of hydrogen-bond acceptors (Lipinski definition) is 4. The van der Waals surface area contributed by atoms with E-state index < -0.39 is 21.8 Å². The molecule has 156 valence electrons. The van der Waals surface area contributed by atoms with Gasteiger partial charge in [0.2, 0.25) is 10.0 Å². The van der Waals surface area contributed by atoms with Crippen LogP contribution >= 0.6 is 0 Å². The Labute approximate surface area is 171 Å². The molecule has 6 nitrogen and oxygen atoms in total. The molecule has 0 atom stereocenters. The van der Waals surface area contributed by atoms with E-state index in [0.717, 1.165) is 12.1 Å². The summed E-state index contributed by atoms with van der Waals surface area (Å²) in [5, 5.41) is 4.43. The summed E-state index contributed by atoms with van der Waals surface area (Å²) in [7, 11) is -0.655. The number of anilines is 2. The van der Waals surface area contributed by atoms with E-state index in [1.54, 1.807) is 28.9 Å². The number of aromatic nitrogens is 2. The fraction of sp³-hybridized carbons (Fsp3) is 0.150. The van der Waals surface area contributed by atoms with E-state index in [1.807, 2.05) is 0 Å². The zero-order chi connectivity index (χ0) is 21.8. The highest BCUT2D eigenvalue weighted by molar-refractivity contribution is 7.89. The lowest BCUT2D eigenvalue weighted by Crippen LogP contribution is -2.22. The largest absolute Gasteiger partial charge is 0.416 e. The second kappa shape index (κ2) is 6.71. The monoisotopic (exact) mass is 434 g/mol. The number of fused-ring (bicyclic) bond motifs is 3. The average Bonchev–Trinajstić information content (AvgIpc) is 3.10. The van der Waals surface area contributed by atoms with Crippen LogP contribution in [0.15, 0.2) is 60.1 Å². The lowest BCUT2D eigenvalue weighted by molar-refractivity contribution is -0.137. The summed E-state index contributed by atoms with van der Waals surface area (Å²) in [4.78, 5) is 1.75. The summed E-state index contributed by atoms with van der Waals surface area (Å²) in [6.07, 6.45) is -2.71. The molecule has 0 fully saturated rings. The van der Waals surface area contributed by atoms with Crippen molar-refractivity contribution in [2.75, 3.05) is 11.9 Å². The molecule has 1 aliphatic heterocycles. The van der Waals surface area contributed by atoms with Crippen molar-refractivity contribution in [3.8, 4) is 11.3 Å². The van der Waals surface area contributed by atoms with Crippen molar-refractivity contribution in [3.63, 3.8) is 0 Å². The Balaban J connectivity index is 1.92. The van der Waals surface area contributed by atoms with Crippen molar-refractivity contribution in [1.29, 1.82) is 0 Å². The topological polar surface area (TPSA) is 67.2 Å². The van der Waals surface area contributed by atoms with Gasteiger partial charge in [0, 0.05) is 30.1 Å². The van der Waals surface area contributed by atoms with Gasteiger partial charge in [-0.3, -0.25) is 4.68 Å². The minimum absolute atomic E-state index is 0.0558. The highest BCUT2D eigenvalue weighted by Gasteiger charge is 2.33. The zero-order valence-corrected chi connectivity index (χ0v) is 16.8. The molecule has 0 radical (unpaired) electrons. The molecule has 0 amide bonds. The van der Waals surface area contributed by atoms with Gasteiger partial charge in [0.05, 0.1) is 21.8 Å². The SMILES string of the molecule is C=C1c2cn(C)nc2-c2cc(S(=O)(=O)NC)ccc2N1c1ccc(C(F)(F)F)cc1. The Bertz CT molecular complexity index is 1260. The molecule has 0 saturated carbocycles. The van der Waals surface area contributed by atoms with Crippen LogP contribution in [0.2, 0.25) is 0 Å². The number of halogens is 3. The van der Waals surface area contributed by atoms with Gasteiger partial charge in [0.1, 0.15) is 5.69 Å². The number of nitrogens with zero attached hydrogens (tertiary/aromatic N) is 3. The van der Waals surface area contributed by atoms with Crippen LogP contribution < -0.4 is 9.62 Å². The molecule has 0 saturated heterocycles. The lowest BCUT2D eigenvalue weighted by Gasteiger charge is -2.33. The third-order valence-electron chi connectivity index (χ3n) is 4.91. The number of nitrogens with one attached hydrogen (secondary N) is 1. The highest BCUT2D eigenvalue weighted by atomic mass is 32.2. The second-order valence-corrected chi connectivity index (χ2v) is 8.66. The third kappa shape index (κ3) is 3.17. The summed E-state index contributed by atoms with van der Waals surface area (Å²) >= 11 is 0. The Morgan fingerprint density at radius 3 is 2.33 bits per heavy atom. The van der Waals surface area contributed by atoms with Gasteiger partial charge in [-0.15, -0.1) is 0 Å². The van der Waals surface area contributed by atoms with Crippen LogP contribution in [0.25, 0.3) is 17.0 Å². The Morgan fingerprint density at radius 1 is 1.07 bits per heavy atom. The number of sulfonamides is 1.